The molecule has 0 saturated carbocycles. The molecule has 2 N–H and O–H groups in total. The van der Waals surface area contributed by atoms with Gasteiger partial charge in [0.1, 0.15) is 10.7 Å². The smallest absolute Gasteiger partial charge is 0.221 e. The van der Waals surface area contributed by atoms with Crippen LogP contribution in [0.25, 0.3) is 11.3 Å². The second-order valence-corrected chi connectivity index (χ2v) is 7.11. The first kappa shape index (κ1) is 16.4. The molecule has 0 bridgehead atoms. The lowest BCUT2D eigenvalue weighted by Gasteiger charge is -2.02. The first-order chi connectivity index (χ1) is 11.6. The molecule has 0 fully saturated rings. The highest BCUT2D eigenvalue weighted by Crippen LogP contribution is 2.36. The number of thiophene rings is 1. The molecule has 1 aromatic carbocycles. The molecule has 0 unspecified atom stereocenters. The van der Waals surface area contributed by atoms with Crippen molar-refractivity contribution in [2.24, 2.45) is 5.10 Å². The minimum absolute atomic E-state index is 0.124. The van der Waals surface area contributed by atoms with Gasteiger partial charge in [-0.3, -0.25) is 10.2 Å². The fraction of sp³-hybridized carbons (Fsp3) is 0.118. The normalized spacial score (nSPS) is 10.9. The van der Waals surface area contributed by atoms with Crippen molar-refractivity contribution in [3.63, 3.8) is 0 Å². The number of hydrogen-bond donors (Lipinski definition) is 2. The van der Waals surface area contributed by atoms with Crippen LogP contribution in [0, 0.1) is 6.92 Å². The Bertz CT molecular complexity index is 851. The minimum Gasteiger partial charge on any atom is -0.316 e. The van der Waals surface area contributed by atoms with Gasteiger partial charge in [-0.25, -0.2) is 4.98 Å². The quantitative estimate of drug-likeness (QED) is 0.519. The van der Waals surface area contributed by atoms with Gasteiger partial charge in [0, 0.05) is 17.4 Å². The molecule has 0 saturated heterocycles. The van der Waals surface area contributed by atoms with Gasteiger partial charge in [0.05, 0.1) is 6.21 Å². The first-order valence-corrected chi connectivity index (χ1v) is 8.99. The molecule has 2 heterocycles. The van der Waals surface area contributed by atoms with E-state index in [0.29, 0.717) is 10.1 Å². The molecule has 7 heteroatoms. The third kappa shape index (κ3) is 4.06. The summed E-state index contributed by atoms with van der Waals surface area (Å²) in [6, 6.07) is 12.0. The van der Waals surface area contributed by atoms with Crippen LogP contribution in [0.3, 0.4) is 0 Å². The molecule has 2 aromatic heterocycles. The number of thiazole rings is 1. The Balaban J connectivity index is 1.85. The minimum atomic E-state index is -0.124. The zero-order chi connectivity index (χ0) is 16.9. The molecule has 0 aliphatic heterocycles. The SMILES string of the molecule is CC(=O)Nc1sc(NN=Cc2cccs2)nc1-c1ccc(C)cc1. The summed E-state index contributed by atoms with van der Waals surface area (Å²) in [5.74, 6) is -0.124. The van der Waals surface area contributed by atoms with Crippen molar-refractivity contribution >= 4 is 44.9 Å². The third-order valence-electron chi connectivity index (χ3n) is 3.14. The summed E-state index contributed by atoms with van der Waals surface area (Å²) < 4.78 is 0. The third-order valence-corrected chi connectivity index (χ3v) is 4.82. The maximum Gasteiger partial charge on any atom is 0.221 e. The zero-order valence-electron chi connectivity index (χ0n) is 13.2. The van der Waals surface area contributed by atoms with Crippen molar-refractivity contribution in [1.82, 2.24) is 4.98 Å². The highest BCUT2D eigenvalue weighted by Gasteiger charge is 2.14. The van der Waals surface area contributed by atoms with Crippen molar-refractivity contribution in [2.45, 2.75) is 13.8 Å². The molecule has 5 nitrogen and oxygen atoms in total. The van der Waals surface area contributed by atoms with Crippen LogP contribution >= 0.6 is 22.7 Å². The lowest BCUT2D eigenvalue weighted by atomic mass is 10.1. The average molecular weight is 356 g/mol. The Hall–Kier alpha value is -2.51. The monoisotopic (exact) mass is 356 g/mol. The van der Waals surface area contributed by atoms with Gasteiger partial charge in [-0.1, -0.05) is 47.2 Å². The van der Waals surface area contributed by atoms with Crippen LogP contribution < -0.4 is 10.7 Å². The summed E-state index contributed by atoms with van der Waals surface area (Å²) in [6.07, 6.45) is 1.75. The second-order valence-electron chi connectivity index (χ2n) is 5.13. The van der Waals surface area contributed by atoms with Crippen molar-refractivity contribution in [1.29, 1.82) is 0 Å². The Morgan fingerprint density at radius 1 is 1.25 bits per heavy atom. The van der Waals surface area contributed by atoms with Crippen LogP contribution in [0.2, 0.25) is 0 Å². The van der Waals surface area contributed by atoms with E-state index in [2.05, 4.69) is 20.8 Å². The Morgan fingerprint density at radius 3 is 2.71 bits per heavy atom. The Kier molecular flexibility index (Phi) is 5.02. The number of nitrogens with one attached hydrogen (secondary N) is 2. The van der Waals surface area contributed by atoms with Gasteiger partial charge in [0.2, 0.25) is 11.0 Å². The molecule has 122 valence electrons. The summed E-state index contributed by atoms with van der Waals surface area (Å²) in [4.78, 5) is 17.1. The fourth-order valence-electron chi connectivity index (χ4n) is 2.04. The molecular formula is C17H16N4OS2. The van der Waals surface area contributed by atoms with Crippen molar-refractivity contribution in [3.8, 4) is 11.3 Å². The van der Waals surface area contributed by atoms with Crippen molar-refractivity contribution < 1.29 is 4.79 Å². The van der Waals surface area contributed by atoms with Crippen LogP contribution in [0.5, 0.6) is 0 Å². The van der Waals surface area contributed by atoms with Gasteiger partial charge in [-0.05, 0) is 18.4 Å². The number of benzene rings is 1. The maximum atomic E-state index is 11.4. The topological polar surface area (TPSA) is 66.4 Å². The predicted octanol–water partition coefficient (Wildman–Crippen LogP) is 4.58. The van der Waals surface area contributed by atoms with Crippen molar-refractivity contribution in [2.75, 3.05) is 10.7 Å². The van der Waals surface area contributed by atoms with Crippen LogP contribution in [-0.2, 0) is 4.79 Å². The second kappa shape index (κ2) is 7.37. The van der Waals surface area contributed by atoms with E-state index in [0.717, 1.165) is 16.1 Å². The molecule has 0 aliphatic rings. The number of hydrazone groups is 1. The standard InChI is InChI=1S/C17H16N4OS2/c1-11-5-7-13(8-6-11)15-16(19-12(2)22)24-17(20-15)21-18-10-14-4-3-9-23-14/h3-10H,1-2H3,(H,19,22)(H,20,21). The lowest BCUT2D eigenvalue weighted by Crippen LogP contribution is -2.05. The molecule has 0 spiro atoms. The van der Waals surface area contributed by atoms with Crippen LogP contribution in [0.4, 0.5) is 10.1 Å². The molecule has 0 aliphatic carbocycles. The van der Waals surface area contributed by atoms with E-state index in [9.17, 15) is 4.79 Å². The average Bonchev–Trinajstić information content (AvgIpc) is 3.18. The number of aromatic nitrogens is 1. The Labute approximate surface area is 148 Å². The molecule has 1 amide bonds. The van der Waals surface area contributed by atoms with Gasteiger partial charge in [0.15, 0.2) is 0 Å². The summed E-state index contributed by atoms with van der Waals surface area (Å²) in [6.45, 7) is 3.52. The van der Waals surface area contributed by atoms with E-state index < -0.39 is 0 Å². The van der Waals surface area contributed by atoms with E-state index in [1.807, 2.05) is 48.7 Å². The number of nitrogens with zero attached hydrogens (tertiary/aromatic N) is 2. The van der Waals surface area contributed by atoms with Gasteiger partial charge < -0.3 is 5.32 Å². The number of rotatable bonds is 5. The largest absolute Gasteiger partial charge is 0.316 e. The molecule has 0 atom stereocenters. The van der Waals surface area contributed by atoms with Crippen LogP contribution in [0.15, 0.2) is 46.9 Å². The van der Waals surface area contributed by atoms with E-state index in [4.69, 9.17) is 0 Å². The van der Waals surface area contributed by atoms with E-state index in [1.54, 1.807) is 17.6 Å². The number of amides is 1. The number of anilines is 2. The zero-order valence-corrected chi connectivity index (χ0v) is 14.9. The number of carbonyl (C=O) groups excluding carboxylic acids is 1. The summed E-state index contributed by atoms with van der Waals surface area (Å²) >= 11 is 2.97. The summed E-state index contributed by atoms with van der Waals surface area (Å²) in [5.41, 5.74) is 5.80. The van der Waals surface area contributed by atoms with Crippen molar-refractivity contribution in [3.05, 3.63) is 52.2 Å². The Morgan fingerprint density at radius 2 is 2.04 bits per heavy atom. The van der Waals surface area contributed by atoms with E-state index in [-0.39, 0.29) is 5.91 Å². The predicted molar refractivity (Wildman–Crippen MR) is 102 cm³/mol. The maximum absolute atomic E-state index is 11.4. The summed E-state index contributed by atoms with van der Waals surface area (Å²) in [5, 5.41) is 10.4. The first-order valence-electron chi connectivity index (χ1n) is 7.30. The van der Waals surface area contributed by atoms with Gasteiger partial charge in [0.25, 0.3) is 0 Å². The molecule has 3 aromatic rings. The van der Waals surface area contributed by atoms with Gasteiger partial charge in [-0.2, -0.15) is 5.10 Å². The molecule has 3 rings (SSSR count). The number of aryl methyl sites for hydroxylation is 1. The van der Waals surface area contributed by atoms with Gasteiger partial charge in [-0.15, -0.1) is 11.3 Å². The molecule has 24 heavy (non-hydrogen) atoms. The van der Waals surface area contributed by atoms with E-state index >= 15 is 0 Å². The van der Waals surface area contributed by atoms with Gasteiger partial charge >= 0.3 is 0 Å². The van der Waals surface area contributed by atoms with Crippen LogP contribution in [-0.4, -0.2) is 17.1 Å². The van der Waals surface area contributed by atoms with Crippen LogP contribution in [0.1, 0.15) is 17.4 Å². The fourth-order valence-corrected chi connectivity index (χ4v) is 3.50. The highest BCUT2D eigenvalue weighted by molar-refractivity contribution is 7.20. The highest BCUT2D eigenvalue weighted by atomic mass is 32.1. The molecular weight excluding hydrogens is 340 g/mol. The van der Waals surface area contributed by atoms with E-state index in [1.165, 1.54) is 23.8 Å². The summed E-state index contributed by atoms with van der Waals surface area (Å²) in [7, 11) is 0. The number of hydrogen-bond acceptors (Lipinski definition) is 6. The number of carbonyl (C=O) groups is 1. The lowest BCUT2D eigenvalue weighted by molar-refractivity contribution is -0.114. The molecule has 0 radical (unpaired) electrons.